The van der Waals surface area contributed by atoms with Gasteiger partial charge in [0.1, 0.15) is 49.4 Å². The number of aliphatic hydroxyl groups excluding tert-OH is 1. The highest BCUT2D eigenvalue weighted by Gasteiger charge is 2.13. The molecule has 0 spiro atoms. The van der Waals surface area contributed by atoms with E-state index in [1.807, 2.05) is 66.7 Å². The van der Waals surface area contributed by atoms with Gasteiger partial charge in [-0.05, 0) is 129 Å². The molecule has 11 aromatic rings. The lowest BCUT2D eigenvalue weighted by atomic mass is 9.92. The van der Waals surface area contributed by atoms with Gasteiger partial charge in [-0.2, -0.15) is 0 Å². The lowest BCUT2D eigenvalue weighted by Crippen LogP contribution is -2.00. The van der Waals surface area contributed by atoms with Crippen molar-refractivity contribution in [3.05, 3.63) is 204 Å². The van der Waals surface area contributed by atoms with Gasteiger partial charge in [0, 0.05) is 6.07 Å². The van der Waals surface area contributed by atoms with Crippen LogP contribution in [0.4, 0.5) is 0 Å². The molecule has 0 bridgehead atoms. The molecule has 0 aromatic heterocycles. The van der Waals surface area contributed by atoms with E-state index in [0.29, 0.717) is 43.5 Å². The average molecular weight is 781 g/mol. The summed E-state index contributed by atoms with van der Waals surface area (Å²) in [7, 11) is 0. The molecule has 60 heavy (non-hydrogen) atoms. The molecule has 290 valence electrons. The van der Waals surface area contributed by atoms with Crippen molar-refractivity contribution in [3.8, 4) is 23.0 Å². The van der Waals surface area contributed by atoms with E-state index < -0.39 is 0 Å². The van der Waals surface area contributed by atoms with E-state index in [4.69, 9.17) is 18.9 Å². The first kappa shape index (κ1) is 35.8. The van der Waals surface area contributed by atoms with Crippen LogP contribution >= 0.6 is 0 Å². The quantitative estimate of drug-likeness (QED) is 0.118. The molecule has 0 saturated carbocycles. The van der Waals surface area contributed by atoms with Gasteiger partial charge in [0.25, 0.3) is 0 Å². The highest BCUT2D eigenvalue weighted by atomic mass is 16.5. The Balaban J connectivity index is 0.705. The molecule has 11 aromatic carbocycles. The molecule has 0 saturated heterocycles. The highest BCUT2D eigenvalue weighted by molar-refractivity contribution is 6.24. The van der Waals surface area contributed by atoms with Crippen LogP contribution < -0.4 is 18.9 Å². The second kappa shape index (κ2) is 15.1. The zero-order valence-corrected chi connectivity index (χ0v) is 32.9. The molecular formula is C55H40O5. The molecule has 1 N–H and O–H groups in total. The Morgan fingerprint density at radius 1 is 0.300 bits per heavy atom. The fourth-order valence-electron chi connectivity index (χ4n) is 8.75. The fraction of sp³-hybridized carbons (Fsp3) is 0.0909. The third-order valence-electron chi connectivity index (χ3n) is 11.8. The molecule has 11 rings (SSSR count). The molecule has 5 heteroatoms. The number of benzene rings is 11. The Morgan fingerprint density at radius 2 is 0.667 bits per heavy atom. The Kier molecular flexibility index (Phi) is 9.02. The van der Waals surface area contributed by atoms with Crippen molar-refractivity contribution in [2.24, 2.45) is 0 Å². The Labute approximate surface area is 347 Å². The van der Waals surface area contributed by atoms with Gasteiger partial charge >= 0.3 is 0 Å². The number of rotatable bonds is 13. The van der Waals surface area contributed by atoms with Gasteiger partial charge in [-0.15, -0.1) is 0 Å². The maximum Gasteiger partial charge on any atom is 0.123 e. The van der Waals surface area contributed by atoms with E-state index in [0.717, 1.165) is 33.8 Å². The standard InChI is InChI=1S/C55H40O5/c56-30-37-27-48(57-31-35-7-21-46(22-8-35)59-33-44-17-15-42-13-11-38-3-1-5-40-19-25-50(44)54(42)52(38)40)29-49(28-37)58-32-36-9-23-47(24-10-36)60-34-45-18-16-43-14-12-39-4-2-6-41-20-26-51(45)55(43)53(39)41/h1-29,56H,30-34H2. The molecule has 0 heterocycles. The van der Waals surface area contributed by atoms with Crippen LogP contribution in [0.5, 0.6) is 23.0 Å². The predicted octanol–water partition coefficient (Wildman–Crippen LogP) is 13.3. The SMILES string of the molecule is OCc1cc(OCc2ccc(OCc3ccc4ccc5cccc6ccc3c4c56)cc2)cc(OCc2ccc(OCc3ccc4ccc5cccc6ccc3c4c56)cc2)c1. The van der Waals surface area contributed by atoms with Crippen LogP contribution in [0.25, 0.3) is 64.6 Å². The van der Waals surface area contributed by atoms with Crippen molar-refractivity contribution in [1.29, 1.82) is 0 Å². The van der Waals surface area contributed by atoms with E-state index in [-0.39, 0.29) is 6.61 Å². The predicted molar refractivity (Wildman–Crippen MR) is 243 cm³/mol. The summed E-state index contributed by atoms with van der Waals surface area (Å²) in [5, 5.41) is 25.2. The van der Waals surface area contributed by atoms with Gasteiger partial charge < -0.3 is 24.1 Å². The normalized spacial score (nSPS) is 11.8. The van der Waals surface area contributed by atoms with Crippen molar-refractivity contribution in [2.75, 3.05) is 0 Å². The second-order valence-electron chi connectivity index (χ2n) is 15.6. The summed E-state index contributed by atoms with van der Waals surface area (Å²) in [6.45, 7) is 1.55. The number of ether oxygens (including phenoxy) is 4. The van der Waals surface area contributed by atoms with Gasteiger partial charge in [0.15, 0.2) is 0 Å². The minimum atomic E-state index is -0.121. The summed E-state index contributed by atoms with van der Waals surface area (Å²) < 4.78 is 25.0. The lowest BCUT2D eigenvalue weighted by molar-refractivity contribution is 0.270. The van der Waals surface area contributed by atoms with Gasteiger partial charge in [-0.3, -0.25) is 0 Å². The summed E-state index contributed by atoms with van der Waals surface area (Å²) >= 11 is 0. The highest BCUT2D eigenvalue weighted by Crippen LogP contribution is 2.38. The molecule has 5 nitrogen and oxygen atoms in total. The van der Waals surface area contributed by atoms with Gasteiger partial charge in [0.05, 0.1) is 6.61 Å². The summed E-state index contributed by atoms with van der Waals surface area (Å²) in [5.74, 6) is 2.85. The van der Waals surface area contributed by atoms with E-state index in [1.165, 1.54) is 64.6 Å². The minimum absolute atomic E-state index is 0.121. The molecule has 0 amide bonds. The molecule has 0 aliphatic carbocycles. The minimum Gasteiger partial charge on any atom is -0.489 e. The average Bonchev–Trinajstić information content (AvgIpc) is 3.30. The van der Waals surface area contributed by atoms with Crippen molar-refractivity contribution in [2.45, 2.75) is 33.0 Å². The van der Waals surface area contributed by atoms with Crippen molar-refractivity contribution < 1.29 is 24.1 Å². The number of hydrogen-bond acceptors (Lipinski definition) is 5. The van der Waals surface area contributed by atoms with E-state index in [1.54, 1.807) is 0 Å². The molecule has 0 unspecified atom stereocenters. The van der Waals surface area contributed by atoms with Crippen LogP contribution in [0.1, 0.15) is 27.8 Å². The van der Waals surface area contributed by atoms with E-state index in [2.05, 4.69) is 109 Å². The topological polar surface area (TPSA) is 57.2 Å². The van der Waals surface area contributed by atoms with Crippen molar-refractivity contribution >= 4 is 64.6 Å². The monoisotopic (exact) mass is 780 g/mol. The fourth-order valence-corrected chi connectivity index (χ4v) is 8.75. The van der Waals surface area contributed by atoms with Crippen LogP contribution in [0.15, 0.2) is 176 Å². The summed E-state index contributed by atoms with van der Waals surface area (Å²) in [4.78, 5) is 0. The van der Waals surface area contributed by atoms with E-state index in [9.17, 15) is 5.11 Å². The first-order valence-corrected chi connectivity index (χ1v) is 20.4. The van der Waals surface area contributed by atoms with Crippen molar-refractivity contribution in [1.82, 2.24) is 0 Å². The Bertz CT molecular complexity index is 3050. The third kappa shape index (κ3) is 6.69. The number of aliphatic hydroxyl groups is 1. The second-order valence-corrected chi connectivity index (χ2v) is 15.6. The summed E-state index contributed by atoms with van der Waals surface area (Å²) in [6.07, 6.45) is 0. The Morgan fingerprint density at radius 3 is 1.08 bits per heavy atom. The van der Waals surface area contributed by atoms with Crippen molar-refractivity contribution in [3.63, 3.8) is 0 Å². The van der Waals surface area contributed by atoms with Crippen LogP contribution in [-0.2, 0) is 33.0 Å². The van der Waals surface area contributed by atoms with E-state index >= 15 is 0 Å². The zero-order valence-electron chi connectivity index (χ0n) is 32.9. The van der Waals surface area contributed by atoms with Crippen LogP contribution in [0, 0.1) is 0 Å². The van der Waals surface area contributed by atoms with Gasteiger partial charge in [-0.1, -0.05) is 133 Å². The largest absolute Gasteiger partial charge is 0.489 e. The van der Waals surface area contributed by atoms with Gasteiger partial charge in [0.2, 0.25) is 0 Å². The summed E-state index contributed by atoms with van der Waals surface area (Å²) in [5.41, 5.74) is 5.04. The smallest absolute Gasteiger partial charge is 0.123 e. The molecule has 0 aliphatic rings. The molecule has 0 radical (unpaired) electrons. The Hall–Kier alpha value is -7.34. The summed E-state index contributed by atoms with van der Waals surface area (Å²) in [6, 6.07) is 60.9. The first-order chi connectivity index (χ1) is 29.6. The van der Waals surface area contributed by atoms with Crippen LogP contribution in [0.3, 0.4) is 0 Å². The van der Waals surface area contributed by atoms with Crippen LogP contribution in [0.2, 0.25) is 0 Å². The molecular weight excluding hydrogens is 741 g/mol. The zero-order chi connectivity index (χ0) is 40.0. The molecule has 0 aliphatic heterocycles. The number of hydrogen-bond donors (Lipinski definition) is 1. The first-order valence-electron chi connectivity index (χ1n) is 20.4. The molecule has 0 fully saturated rings. The lowest BCUT2D eigenvalue weighted by Gasteiger charge is -2.15. The van der Waals surface area contributed by atoms with Gasteiger partial charge in [-0.25, -0.2) is 0 Å². The third-order valence-corrected chi connectivity index (χ3v) is 11.8. The van der Waals surface area contributed by atoms with Crippen LogP contribution in [-0.4, -0.2) is 5.11 Å². The maximum absolute atomic E-state index is 10.0. The maximum atomic E-state index is 10.0. The molecule has 0 atom stereocenters.